The molecular formula is C12H18OS. The highest BCUT2D eigenvalue weighted by Crippen LogP contribution is 2.40. The molecule has 0 aliphatic heterocycles. The van der Waals surface area contributed by atoms with Gasteiger partial charge in [-0.2, -0.15) is 0 Å². The maximum Gasteiger partial charge on any atom is 0.0826 e. The van der Waals surface area contributed by atoms with Crippen LogP contribution in [0.25, 0.3) is 0 Å². The zero-order chi connectivity index (χ0) is 10.1. The van der Waals surface area contributed by atoms with Crippen LogP contribution >= 0.6 is 11.3 Å². The standard InChI is InChI=1S/C12H18OS/c1-8-6-11(7-14-8)12(13)9(2)10-4-3-5-10/h6-7,9-10,12-13H,3-5H2,1-2H3. The van der Waals surface area contributed by atoms with Crippen molar-refractivity contribution in [2.24, 2.45) is 11.8 Å². The lowest BCUT2D eigenvalue weighted by molar-refractivity contribution is 0.0537. The maximum atomic E-state index is 10.1. The van der Waals surface area contributed by atoms with Crippen molar-refractivity contribution in [1.29, 1.82) is 0 Å². The predicted octanol–water partition coefficient (Wildman–Crippen LogP) is 3.53. The highest BCUT2D eigenvalue weighted by Gasteiger charge is 2.29. The first kappa shape index (κ1) is 10.2. The molecule has 0 radical (unpaired) electrons. The first-order valence-corrected chi connectivity index (χ1v) is 6.29. The summed E-state index contributed by atoms with van der Waals surface area (Å²) in [5.41, 5.74) is 1.12. The maximum absolute atomic E-state index is 10.1. The van der Waals surface area contributed by atoms with Crippen LogP contribution in [0.1, 0.15) is 42.7 Å². The molecule has 2 atom stereocenters. The van der Waals surface area contributed by atoms with Crippen LogP contribution in [0.15, 0.2) is 11.4 Å². The lowest BCUT2D eigenvalue weighted by Crippen LogP contribution is -2.24. The van der Waals surface area contributed by atoms with Crippen LogP contribution in [0.5, 0.6) is 0 Å². The Hall–Kier alpha value is -0.340. The largest absolute Gasteiger partial charge is 0.388 e. The van der Waals surface area contributed by atoms with E-state index in [0.717, 1.165) is 11.5 Å². The average molecular weight is 210 g/mol. The summed E-state index contributed by atoms with van der Waals surface area (Å²) in [5, 5.41) is 12.2. The van der Waals surface area contributed by atoms with Crippen LogP contribution in [0, 0.1) is 18.8 Å². The minimum Gasteiger partial charge on any atom is -0.388 e. The molecule has 0 saturated heterocycles. The SMILES string of the molecule is Cc1cc(C(O)C(C)C2CCC2)cs1. The molecule has 2 heteroatoms. The minimum absolute atomic E-state index is 0.245. The molecule has 0 amide bonds. The number of rotatable bonds is 3. The van der Waals surface area contributed by atoms with Crippen LogP contribution in [0.4, 0.5) is 0 Å². The van der Waals surface area contributed by atoms with E-state index in [1.165, 1.54) is 24.1 Å². The van der Waals surface area contributed by atoms with Gasteiger partial charge in [-0.1, -0.05) is 26.2 Å². The number of hydrogen-bond donors (Lipinski definition) is 1. The Balaban J connectivity index is 2.03. The van der Waals surface area contributed by atoms with Crippen LogP contribution < -0.4 is 0 Å². The van der Waals surface area contributed by atoms with Crippen molar-refractivity contribution in [3.8, 4) is 0 Å². The molecule has 1 nitrogen and oxygen atoms in total. The van der Waals surface area contributed by atoms with E-state index in [2.05, 4.69) is 25.3 Å². The van der Waals surface area contributed by atoms with E-state index in [1.54, 1.807) is 11.3 Å². The van der Waals surface area contributed by atoms with Crippen molar-refractivity contribution < 1.29 is 5.11 Å². The molecule has 1 saturated carbocycles. The molecule has 0 bridgehead atoms. The van der Waals surface area contributed by atoms with Gasteiger partial charge in [0.1, 0.15) is 0 Å². The third-order valence-corrected chi connectivity index (χ3v) is 4.36. The van der Waals surface area contributed by atoms with Crippen molar-refractivity contribution >= 4 is 11.3 Å². The lowest BCUT2D eigenvalue weighted by atomic mass is 9.73. The first-order chi connectivity index (χ1) is 6.68. The summed E-state index contributed by atoms with van der Waals surface area (Å²) in [6, 6.07) is 2.12. The van der Waals surface area contributed by atoms with Gasteiger partial charge >= 0.3 is 0 Å². The van der Waals surface area contributed by atoms with Crippen LogP contribution in [0.3, 0.4) is 0 Å². The molecule has 1 aliphatic rings. The van der Waals surface area contributed by atoms with Gasteiger partial charge in [0.15, 0.2) is 0 Å². The van der Waals surface area contributed by atoms with Crippen molar-refractivity contribution in [1.82, 2.24) is 0 Å². The van der Waals surface area contributed by atoms with Gasteiger partial charge in [-0.25, -0.2) is 0 Å². The summed E-state index contributed by atoms with van der Waals surface area (Å²) >= 11 is 1.73. The number of aryl methyl sites for hydroxylation is 1. The number of hydrogen-bond acceptors (Lipinski definition) is 2. The van der Waals surface area contributed by atoms with Crippen molar-refractivity contribution in [3.63, 3.8) is 0 Å². The minimum atomic E-state index is -0.245. The van der Waals surface area contributed by atoms with Crippen LogP contribution in [-0.4, -0.2) is 5.11 Å². The second kappa shape index (κ2) is 4.03. The molecule has 1 aromatic rings. The molecule has 0 spiro atoms. The molecule has 1 aromatic heterocycles. The van der Waals surface area contributed by atoms with E-state index in [9.17, 15) is 5.11 Å². The summed E-state index contributed by atoms with van der Waals surface area (Å²) in [4.78, 5) is 1.29. The molecular weight excluding hydrogens is 192 g/mol. The average Bonchev–Trinajstić information content (AvgIpc) is 2.47. The summed E-state index contributed by atoms with van der Waals surface area (Å²) < 4.78 is 0. The molecule has 1 aliphatic carbocycles. The van der Waals surface area contributed by atoms with Gasteiger partial charge in [0.25, 0.3) is 0 Å². The molecule has 1 fully saturated rings. The van der Waals surface area contributed by atoms with E-state index in [0.29, 0.717) is 5.92 Å². The monoisotopic (exact) mass is 210 g/mol. The van der Waals surface area contributed by atoms with Gasteiger partial charge in [-0.3, -0.25) is 0 Å². The van der Waals surface area contributed by atoms with Crippen molar-refractivity contribution in [3.05, 3.63) is 21.9 Å². The first-order valence-electron chi connectivity index (χ1n) is 5.41. The molecule has 78 valence electrons. The lowest BCUT2D eigenvalue weighted by Gasteiger charge is -2.34. The van der Waals surface area contributed by atoms with Crippen LogP contribution in [-0.2, 0) is 0 Å². The topological polar surface area (TPSA) is 20.2 Å². The van der Waals surface area contributed by atoms with E-state index >= 15 is 0 Å². The Bertz CT molecular complexity index is 301. The Morgan fingerprint density at radius 1 is 1.50 bits per heavy atom. The third kappa shape index (κ3) is 1.86. The summed E-state index contributed by atoms with van der Waals surface area (Å²) in [6.45, 7) is 4.27. The highest BCUT2D eigenvalue weighted by atomic mass is 32.1. The van der Waals surface area contributed by atoms with E-state index < -0.39 is 0 Å². The van der Waals surface area contributed by atoms with Gasteiger partial charge in [0.2, 0.25) is 0 Å². The zero-order valence-corrected chi connectivity index (χ0v) is 9.68. The smallest absolute Gasteiger partial charge is 0.0826 e. The molecule has 14 heavy (non-hydrogen) atoms. The molecule has 1 N–H and O–H groups in total. The van der Waals surface area contributed by atoms with E-state index in [1.807, 2.05) is 0 Å². The number of aliphatic hydroxyl groups is 1. The number of aliphatic hydroxyl groups excluding tert-OH is 1. The van der Waals surface area contributed by atoms with Crippen molar-refractivity contribution in [2.75, 3.05) is 0 Å². The Morgan fingerprint density at radius 2 is 2.21 bits per heavy atom. The van der Waals surface area contributed by atoms with Gasteiger partial charge in [0.05, 0.1) is 6.10 Å². The Labute approximate surface area is 89.8 Å². The Kier molecular flexibility index (Phi) is 2.93. The van der Waals surface area contributed by atoms with E-state index in [-0.39, 0.29) is 6.10 Å². The highest BCUT2D eigenvalue weighted by molar-refractivity contribution is 7.10. The van der Waals surface area contributed by atoms with Gasteiger partial charge in [0, 0.05) is 4.88 Å². The third-order valence-electron chi connectivity index (χ3n) is 3.48. The summed E-state index contributed by atoms with van der Waals surface area (Å²) in [7, 11) is 0. The summed E-state index contributed by atoms with van der Waals surface area (Å²) in [6.07, 6.45) is 3.72. The number of thiophene rings is 1. The molecule has 0 aromatic carbocycles. The van der Waals surface area contributed by atoms with Crippen molar-refractivity contribution in [2.45, 2.75) is 39.2 Å². The fourth-order valence-electron chi connectivity index (χ4n) is 2.15. The quantitative estimate of drug-likeness (QED) is 0.809. The fourth-order valence-corrected chi connectivity index (χ4v) is 2.88. The molecule has 1 heterocycles. The summed E-state index contributed by atoms with van der Waals surface area (Å²) in [5.74, 6) is 1.18. The normalized spacial score (nSPS) is 21.6. The Morgan fingerprint density at radius 3 is 2.64 bits per heavy atom. The second-order valence-corrected chi connectivity index (χ2v) is 5.60. The van der Waals surface area contributed by atoms with Gasteiger partial charge in [-0.15, -0.1) is 11.3 Å². The fraction of sp³-hybridized carbons (Fsp3) is 0.667. The molecule has 2 rings (SSSR count). The van der Waals surface area contributed by atoms with Gasteiger partial charge in [-0.05, 0) is 35.8 Å². The predicted molar refractivity (Wildman–Crippen MR) is 60.5 cm³/mol. The van der Waals surface area contributed by atoms with E-state index in [4.69, 9.17) is 0 Å². The zero-order valence-electron chi connectivity index (χ0n) is 8.86. The second-order valence-electron chi connectivity index (χ2n) is 4.49. The van der Waals surface area contributed by atoms with Gasteiger partial charge < -0.3 is 5.11 Å². The molecule has 2 unspecified atom stereocenters. The van der Waals surface area contributed by atoms with Crippen LogP contribution in [0.2, 0.25) is 0 Å².